The third kappa shape index (κ3) is 2.47. The molecule has 0 N–H and O–H groups in total. The number of rotatable bonds is 3. The summed E-state index contributed by atoms with van der Waals surface area (Å²) in [5.74, 6) is 1.53. The van der Waals surface area contributed by atoms with E-state index in [4.69, 9.17) is 4.74 Å². The average Bonchev–Trinajstić information content (AvgIpc) is 2.16. The van der Waals surface area contributed by atoms with Gasteiger partial charge in [0, 0.05) is 10.9 Å². The van der Waals surface area contributed by atoms with Gasteiger partial charge in [0.1, 0.15) is 5.75 Å². The second-order valence-corrected chi connectivity index (χ2v) is 3.92. The fraction of sp³-hybridized carbons (Fsp3) is 0.455. The van der Waals surface area contributed by atoms with Gasteiger partial charge in [-0.15, -0.1) is 0 Å². The zero-order chi connectivity index (χ0) is 9.84. The number of ether oxygens (including phenoxy) is 1. The molecule has 0 aliphatic carbocycles. The van der Waals surface area contributed by atoms with Gasteiger partial charge < -0.3 is 4.74 Å². The van der Waals surface area contributed by atoms with Gasteiger partial charge in [0.2, 0.25) is 0 Å². The van der Waals surface area contributed by atoms with Crippen molar-refractivity contribution in [2.75, 3.05) is 7.11 Å². The Hall–Kier alpha value is -0.500. The molecule has 0 heterocycles. The molecular weight excluding hydrogens is 228 g/mol. The molecule has 1 aromatic carbocycles. The van der Waals surface area contributed by atoms with Crippen LogP contribution in [-0.4, -0.2) is 7.11 Å². The summed E-state index contributed by atoms with van der Waals surface area (Å²) in [6, 6.07) is 6.38. The molecule has 0 aliphatic heterocycles. The Balaban J connectivity index is 3.05. The van der Waals surface area contributed by atoms with E-state index in [2.05, 4.69) is 48.0 Å². The number of alkyl halides is 1. The lowest BCUT2D eigenvalue weighted by Gasteiger charge is -2.10. The Bertz CT molecular complexity index is 281. The summed E-state index contributed by atoms with van der Waals surface area (Å²) in [7, 11) is 1.71. The van der Waals surface area contributed by atoms with Crippen molar-refractivity contribution in [1.29, 1.82) is 0 Å². The topological polar surface area (TPSA) is 9.23 Å². The number of hydrogen-bond donors (Lipinski definition) is 0. The van der Waals surface area contributed by atoms with Crippen molar-refractivity contribution in [1.82, 2.24) is 0 Å². The highest BCUT2D eigenvalue weighted by Gasteiger charge is 2.05. The first-order valence-corrected chi connectivity index (χ1v) is 5.54. The molecule has 1 aromatic rings. The first-order valence-electron chi connectivity index (χ1n) is 4.41. The Morgan fingerprint density at radius 3 is 2.54 bits per heavy atom. The predicted octanol–water partition coefficient (Wildman–Crippen LogP) is 3.71. The summed E-state index contributed by atoms with van der Waals surface area (Å²) in [5.41, 5.74) is 2.52. The Morgan fingerprint density at radius 2 is 2.08 bits per heavy atom. The molecule has 0 fully saturated rings. The van der Waals surface area contributed by atoms with E-state index in [0.717, 1.165) is 11.1 Å². The van der Waals surface area contributed by atoms with Crippen LogP contribution >= 0.6 is 15.9 Å². The first-order chi connectivity index (χ1) is 6.19. The van der Waals surface area contributed by atoms with E-state index < -0.39 is 0 Å². The first kappa shape index (κ1) is 10.6. The molecule has 0 aliphatic rings. The predicted molar refractivity (Wildman–Crippen MR) is 59.7 cm³/mol. The maximum absolute atomic E-state index is 5.30. The summed E-state index contributed by atoms with van der Waals surface area (Å²) >= 11 is 3.43. The summed E-state index contributed by atoms with van der Waals surface area (Å²) in [6.45, 7) is 4.37. The third-order valence-electron chi connectivity index (χ3n) is 2.12. The zero-order valence-electron chi connectivity index (χ0n) is 8.30. The van der Waals surface area contributed by atoms with E-state index in [1.165, 1.54) is 11.1 Å². The van der Waals surface area contributed by atoms with Gasteiger partial charge in [0.05, 0.1) is 7.11 Å². The molecule has 0 unspecified atom stereocenters. The minimum absolute atomic E-state index is 0.554. The standard InChI is InChI=1S/C11H15BrO/c1-8(2)9-4-5-10(7-12)11(6-9)13-3/h4-6,8H,7H2,1-3H3. The fourth-order valence-corrected chi connectivity index (χ4v) is 1.69. The van der Waals surface area contributed by atoms with Crippen LogP contribution in [0.3, 0.4) is 0 Å². The second kappa shape index (κ2) is 4.66. The van der Waals surface area contributed by atoms with Crippen LogP contribution in [0.5, 0.6) is 5.75 Å². The second-order valence-electron chi connectivity index (χ2n) is 3.36. The molecule has 0 radical (unpaired) electrons. The van der Waals surface area contributed by atoms with Gasteiger partial charge in [-0.1, -0.05) is 41.9 Å². The van der Waals surface area contributed by atoms with Gasteiger partial charge in [-0.25, -0.2) is 0 Å². The molecule has 0 aromatic heterocycles. The van der Waals surface area contributed by atoms with Crippen molar-refractivity contribution < 1.29 is 4.74 Å². The molecule has 0 amide bonds. The van der Waals surface area contributed by atoms with Crippen LogP contribution in [-0.2, 0) is 5.33 Å². The minimum atomic E-state index is 0.554. The molecular formula is C11H15BrO. The van der Waals surface area contributed by atoms with Crippen molar-refractivity contribution in [2.24, 2.45) is 0 Å². The Morgan fingerprint density at radius 1 is 1.38 bits per heavy atom. The van der Waals surface area contributed by atoms with Crippen molar-refractivity contribution >= 4 is 15.9 Å². The van der Waals surface area contributed by atoms with Crippen molar-refractivity contribution in [3.8, 4) is 5.75 Å². The highest BCUT2D eigenvalue weighted by Crippen LogP contribution is 2.25. The van der Waals surface area contributed by atoms with Crippen LogP contribution in [0.15, 0.2) is 18.2 Å². The Kier molecular flexibility index (Phi) is 3.79. The quantitative estimate of drug-likeness (QED) is 0.735. The van der Waals surface area contributed by atoms with Crippen molar-refractivity contribution in [2.45, 2.75) is 25.1 Å². The van der Waals surface area contributed by atoms with E-state index >= 15 is 0 Å². The van der Waals surface area contributed by atoms with Crippen LogP contribution in [0.4, 0.5) is 0 Å². The maximum Gasteiger partial charge on any atom is 0.123 e. The summed E-state index contributed by atoms with van der Waals surface area (Å²) in [6.07, 6.45) is 0. The molecule has 0 atom stereocenters. The molecule has 2 heteroatoms. The van der Waals surface area contributed by atoms with Gasteiger partial charge in [0.25, 0.3) is 0 Å². The van der Waals surface area contributed by atoms with Crippen LogP contribution in [0.25, 0.3) is 0 Å². The number of halogens is 1. The largest absolute Gasteiger partial charge is 0.496 e. The highest BCUT2D eigenvalue weighted by atomic mass is 79.9. The Labute approximate surface area is 88.2 Å². The number of benzene rings is 1. The highest BCUT2D eigenvalue weighted by molar-refractivity contribution is 9.08. The summed E-state index contributed by atoms with van der Waals surface area (Å²) in [5, 5.41) is 0.842. The smallest absolute Gasteiger partial charge is 0.123 e. The maximum atomic E-state index is 5.30. The lowest BCUT2D eigenvalue weighted by Crippen LogP contribution is -1.93. The van der Waals surface area contributed by atoms with Crippen molar-refractivity contribution in [3.63, 3.8) is 0 Å². The monoisotopic (exact) mass is 242 g/mol. The van der Waals surface area contributed by atoms with Gasteiger partial charge in [-0.2, -0.15) is 0 Å². The van der Waals surface area contributed by atoms with Gasteiger partial charge in [-0.05, 0) is 17.5 Å². The zero-order valence-corrected chi connectivity index (χ0v) is 9.89. The van der Waals surface area contributed by atoms with Crippen molar-refractivity contribution in [3.05, 3.63) is 29.3 Å². The molecule has 1 nitrogen and oxygen atoms in total. The van der Waals surface area contributed by atoms with E-state index in [9.17, 15) is 0 Å². The van der Waals surface area contributed by atoms with Crippen LogP contribution in [0.1, 0.15) is 30.9 Å². The van der Waals surface area contributed by atoms with E-state index in [-0.39, 0.29) is 0 Å². The molecule has 0 spiro atoms. The molecule has 1 rings (SSSR count). The number of hydrogen-bond acceptors (Lipinski definition) is 1. The third-order valence-corrected chi connectivity index (χ3v) is 2.73. The van der Waals surface area contributed by atoms with Gasteiger partial charge >= 0.3 is 0 Å². The molecule has 0 bridgehead atoms. The van der Waals surface area contributed by atoms with E-state index in [0.29, 0.717) is 5.92 Å². The average molecular weight is 243 g/mol. The molecule has 0 saturated heterocycles. The molecule has 13 heavy (non-hydrogen) atoms. The summed E-state index contributed by atoms with van der Waals surface area (Å²) < 4.78 is 5.30. The van der Waals surface area contributed by atoms with E-state index in [1.807, 2.05) is 0 Å². The van der Waals surface area contributed by atoms with E-state index in [1.54, 1.807) is 7.11 Å². The normalized spacial score (nSPS) is 10.5. The summed E-state index contributed by atoms with van der Waals surface area (Å²) in [4.78, 5) is 0. The van der Waals surface area contributed by atoms with Crippen LogP contribution < -0.4 is 4.74 Å². The number of methoxy groups -OCH3 is 1. The lowest BCUT2D eigenvalue weighted by molar-refractivity contribution is 0.410. The minimum Gasteiger partial charge on any atom is -0.496 e. The fourth-order valence-electron chi connectivity index (χ4n) is 1.23. The lowest BCUT2D eigenvalue weighted by atomic mass is 10.0. The van der Waals surface area contributed by atoms with Gasteiger partial charge in [-0.3, -0.25) is 0 Å². The molecule has 0 saturated carbocycles. The van der Waals surface area contributed by atoms with Crippen LogP contribution in [0, 0.1) is 0 Å². The molecule has 72 valence electrons. The SMILES string of the molecule is COc1cc(C(C)C)ccc1CBr. The van der Waals surface area contributed by atoms with Gasteiger partial charge in [0.15, 0.2) is 0 Å². The van der Waals surface area contributed by atoms with Crippen LogP contribution in [0.2, 0.25) is 0 Å².